The highest BCUT2D eigenvalue weighted by Gasteiger charge is 2.31. The number of aryl methyl sites for hydroxylation is 2. The minimum Gasteiger partial charge on any atom is -0.354 e. The maximum absolute atomic E-state index is 13.9. The average Bonchev–Trinajstić information content (AvgIpc) is 2.85. The summed E-state index contributed by atoms with van der Waals surface area (Å²) in [7, 11) is 0. The Morgan fingerprint density at radius 2 is 1.64 bits per heavy atom. The number of benzene rings is 3. The molecule has 0 aromatic heterocycles. The van der Waals surface area contributed by atoms with Crippen molar-refractivity contribution in [2.75, 3.05) is 6.54 Å². The molecule has 190 valence electrons. The summed E-state index contributed by atoms with van der Waals surface area (Å²) in [4.78, 5) is 29.1. The van der Waals surface area contributed by atoms with Crippen molar-refractivity contribution in [3.8, 4) is 0 Å². The van der Waals surface area contributed by atoms with Crippen molar-refractivity contribution in [2.45, 2.75) is 59.0 Å². The van der Waals surface area contributed by atoms with Gasteiger partial charge < -0.3 is 10.2 Å². The molecule has 4 nitrogen and oxygen atoms in total. The molecular formula is C30H34Cl2N2O2. The average molecular weight is 526 g/mol. The van der Waals surface area contributed by atoms with Crippen molar-refractivity contribution in [3.63, 3.8) is 0 Å². The summed E-state index contributed by atoms with van der Waals surface area (Å²) in [6.07, 6.45) is 2.41. The first-order chi connectivity index (χ1) is 17.3. The Bertz CT molecular complexity index is 1160. The molecule has 0 radical (unpaired) electrons. The van der Waals surface area contributed by atoms with Gasteiger partial charge in [0.25, 0.3) is 0 Å². The lowest BCUT2D eigenvalue weighted by Crippen LogP contribution is -2.51. The summed E-state index contributed by atoms with van der Waals surface area (Å²) in [6, 6.07) is 20.4. The normalized spacial score (nSPS) is 11.7. The highest BCUT2D eigenvalue weighted by atomic mass is 35.5. The largest absolute Gasteiger partial charge is 0.354 e. The maximum Gasteiger partial charge on any atom is 0.243 e. The topological polar surface area (TPSA) is 49.4 Å². The molecular weight excluding hydrogens is 491 g/mol. The van der Waals surface area contributed by atoms with Gasteiger partial charge in [0, 0.05) is 35.1 Å². The van der Waals surface area contributed by atoms with Crippen LogP contribution in [-0.2, 0) is 29.0 Å². The van der Waals surface area contributed by atoms with Gasteiger partial charge >= 0.3 is 0 Å². The predicted molar refractivity (Wildman–Crippen MR) is 148 cm³/mol. The second-order valence-electron chi connectivity index (χ2n) is 9.18. The highest BCUT2D eigenvalue weighted by molar-refractivity contribution is 6.36. The Morgan fingerprint density at radius 1 is 0.944 bits per heavy atom. The number of carbonyl (C=O) groups excluding carboxylic acids is 2. The van der Waals surface area contributed by atoms with E-state index in [2.05, 4.69) is 12.2 Å². The summed E-state index contributed by atoms with van der Waals surface area (Å²) in [5, 5.41) is 3.98. The van der Waals surface area contributed by atoms with E-state index in [0.717, 1.165) is 35.1 Å². The third-order valence-corrected chi connectivity index (χ3v) is 7.05. The molecule has 2 amide bonds. The van der Waals surface area contributed by atoms with Crippen LogP contribution >= 0.6 is 23.2 Å². The third kappa shape index (κ3) is 7.59. The SMILES string of the molecule is CCCCNC(=O)C(Cc1ccccc1)N(Cc1c(Cl)cccc1Cl)C(=O)Cc1cc(C)ccc1C. The summed E-state index contributed by atoms with van der Waals surface area (Å²) < 4.78 is 0. The smallest absolute Gasteiger partial charge is 0.243 e. The van der Waals surface area contributed by atoms with Crippen LogP contribution in [0.3, 0.4) is 0 Å². The molecule has 0 heterocycles. The number of hydrogen-bond donors (Lipinski definition) is 1. The van der Waals surface area contributed by atoms with E-state index in [9.17, 15) is 9.59 Å². The third-order valence-electron chi connectivity index (χ3n) is 6.34. The zero-order valence-electron chi connectivity index (χ0n) is 21.2. The van der Waals surface area contributed by atoms with E-state index in [1.807, 2.05) is 62.4 Å². The zero-order valence-corrected chi connectivity index (χ0v) is 22.7. The predicted octanol–water partition coefficient (Wildman–Crippen LogP) is 6.71. The highest BCUT2D eigenvalue weighted by Crippen LogP contribution is 2.28. The van der Waals surface area contributed by atoms with Crippen molar-refractivity contribution in [1.29, 1.82) is 0 Å². The van der Waals surface area contributed by atoms with Crippen LogP contribution in [0.25, 0.3) is 0 Å². The first kappa shape index (κ1) is 27.8. The molecule has 0 aliphatic rings. The van der Waals surface area contributed by atoms with Crippen LogP contribution in [-0.4, -0.2) is 29.3 Å². The van der Waals surface area contributed by atoms with Gasteiger partial charge in [-0.3, -0.25) is 9.59 Å². The molecule has 3 aromatic rings. The van der Waals surface area contributed by atoms with Gasteiger partial charge in [-0.1, -0.05) is 96.7 Å². The van der Waals surface area contributed by atoms with Gasteiger partial charge in [0.2, 0.25) is 11.8 Å². The van der Waals surface area contributed by atoms with Gasteiger partial charge in [0.15, 0.2) is 0 Å². The van der Waals surface area contributed by atoms with Gasteiger partial charge in [-0.05, 0) is 49.1 Å². The summed E-state index contributed by atoms with van der Waals surface area (Å²) in [6.45, 7) is 6.78. The van der Waals surface area contributed by atoms with E-state index in [1.165, 1.54) is 0 Å². The van der Waals surface area contributed by atoms with E-state index >= 15 is 0 Å². The van der Waals surface area contributed by atoms with Crippen molar-refractivity contribution in [2.24, 2.45) is 0 Å². The first-order valence-corrected chi connectivity index (χ1v) is 13.2. The fourth-order valence-electron chi connectivity index (χ4n) is 4.17. The van der Waals surface area contributed by atoms with E-state index in [-0.39, 0.29) is 24.8 Å². The maximum atomic E-state index is 13.9. The first-order valence-electron chi connectivity index (χ1n) is 12.4. The number of unbranched alkanes of at least 4 members (excludes halogenated alkanes) is 1. The number of carbonyl (C=O) groups is 2. The number of rotatable bonds is 11. The molecule has 3 rings (SSSR count). The Morgan fingerprint density at radius 3 is 2.31 bits per heavy atom. The lowest BCUT2D eigenvalue weighted by atomic mass is 9.99. The lowest BCUT2D eigenvalue weighted by Gasteiger charge is -2.32. The summed E-state index contributed by atoms with van der Waals surface area (Å²) >= 11 is 13.0. The van der Waals surface area contributed by atoms with Crippen LogP contribution in [0.4, 0.5) is 0 Å². The molecule has 1 unspecified atom stereocenters. The minimum atomic E-state index is -0.714. The Balaban J connectivity index is 2.02. The van der Waals surface area contributed by atoms with Crippen molar-refractivity contribution >= 4 is 35.0 Å². The van der Waals surface area contributed by atoms with E-state index < -0.39 is 6.04 Å². The molecule has 6 heteroatoms. The van der Waals surface area contributed by atoms with Crippen LogP contribution in [0.2, 0.25) is 10.0 Å². The van der Waals surface area contributed by atoms with Gasteiger partial charge in [-0.15, -0.1) is 0 Å². The Kier molecular flexibility index (Phi) is 10.4. The van der Waals surface area contributed by atoms with Gasteiger partial charge in [0.1, 0.15) is 6.04 Å². The number of halogens is 2. The summed E-state index contributed by atoms with van der Waals surface area (Å²) in [5.74, 6) is -0.323. The van der Waals surface area contributed by atoms with Gasteiger partial charge in [-0.2, -0.15) is 0 Å². The van der Waals surface area contributed by atoms with Crippen molar-refractivity contribution in [3.05, 3.63) is 105 Å². The fraction of sp³-hybridized carbons (Fsp3) is 0.333. The lowest BCUT2D eigenvalue weighted by molar-refractivity contribution is -0.140. The monoisotopic (exact) mass is 524 g/mol. The number of hydrogen-bond acceptors (Lipinski definition) is 2. The van der Waals surface area contributed by atoms with E-state index in [0.29, 0.717) is 28.6 Å². The quantitative estimate of drug-likeness (QED) is 0.283. The van der Waals surface area contributed by atoms with Crippen LogP contribution in [0.1, 0.15) is 47.6 Å². The molecule has 0 fully saturated rings. The van der Waals surface area contributed by atoms with E-state index in [4.69, 9.17) is 23.2 Å². The molecule has 0 aliphatic carbocycles. The molecule has 0 saturated carbocycles. The molecule has 0 spiro atoms. The fourth-order valence-corrected chi connectivity index (χ4v) is 4.69. The van der Waals surface area contributed by atoms with E-state index in [1.54, 1.807) is 23.1 Å². The Hall–Kier alpha value is -2.82. The van der Waals surface area contributed by atoms with Crippen LogP contribution in [0, 0.1) is 13.8 Å². The molecule has 0 saturated heterocycles. The molecule has 1 atom stereocenters. The second-order valence-corrected chi connectivity index (χ2v) is 9.99. The minimum absolute atomic E-state index is 0.140. The Labute approximate surface area is 224 Å². The number of nitrogens with one attached hydrogen (secondary N) is 1. The second kappa shape index (κ2) is 13.5. The zero-order chi connectivity index (χ0) is 26.1. The molecule has 0 bridgehead atoms. The van der Waals surface area contributed by atoms with Crippen LogP contribution in [0.5, 0.6) is 0 Å². The standard InChI is InChI=1S/C30H34Cl2N2O2/c1-4-5-16-33-30(36)28(18-23-10-7-6-8-11-23)34(20-25-26(31)12-9-13-27(25)32)29(35)19-24-17-21(2)14-15-22(24)3/h6-15,17,28H,4-5,16,18-20H2,1-3H3,(H,33,36). The molecule has 1 N–H and O–H groups in total. The summed E-state index contributed by atoms with van der Waals surface area (Å²) in [5.41, 5.74) is 4.68. The van der Waals surface area contributed by atoms with Crippen molar-refractivity contribution < 1.29 is 9.59 Å². The number of amides is 2. The van der Waals surface area contributed by atoms with Crippen molar-refractivity contribution in [1.82, 2.24) is 10.2 Å². The molecule has 0 aliphatic heterocycles. The van der Waals surface area contributed by atoms with Gasteiger partial charge in [-0.25, -0.2) is 0 Å². The number of nitrogens with zero attached hydrogens (tertiary/aromatic N) is 1. The van der Waals surface area contributed by atoms with Gasteiger partial charge in [0.05, 0.1) is 6.42 Å². The molecule has 36 heavy (non-hydrogen) atoms. The van der Waals surface area contributed by atoms with Crippen LogP contribution in [0.15, 0.2) is 66.7 Å². The van der Waals surface area contributed by atoms with Crippen LogP contribution < -0.4 is 5.32 Å². The molecule has 3 aromatic carbocycles.